The Morgan fingerprint density at radius 2 is 2.09 bits per heavy atom. The van der Waals surface area contributed by atoms with Crippen LogP contribution in [0.15, 0.2) is 41.4 Å². The summed E-state index contributed by atoms with van der Waals surface area (Å²) in [6.45, 7) is 8.64. The van der Waals surface area contributed by atoms with Crippen LogP contribution in [-0.2, 0) is 0 Å². The number of carbonyl (C=O) groups excluding carboxylic acids is 1. The second kappa shape index (κ2) is 6.06. The normalized spacial score (nSPS) is 11.0. The molecule has 0 aliphatic heterocycles. The Morgan fingerprint density at radius 3 is 2.68 bits per heavy atom. The van der Waals surface area contributed by atoms with Crippen molar-refractivity contribution in [2.24, 2.45) is 10.7 Å². The van der Waals surface area contributed by atoms with Crippen molar-refractivity contribution in [3.63, 3.8) is 0 Å². The molecule has 0 radical (unpaired) electrons. The van der Waals surface area contributed by atoms with E-state index < -0.39 is 11.7 Å². The molecule has 0 aliphatic carbocycles. The summed E-state index contributed by atoms with van der Waals surface area (Å²) in [5, 5.41) is 10.00. The summed E-state index contributed by atoms with van der Waals surface area (Å²) in [7, 11) is 0. The van der Waals surface area contributed by atoms with Gasteiger partial charge in [-0.25, -0.2) is 9.24 Å². The Hall–Kier alpha value is -3.20. The zero-order valence-corrected chi connectivity index (χ0v) is 11.7. The molecule has 0 fully saturated rings. The summed E-state index contributed by atoms with van der Waals surface area (Å²) in [4.78, 5) is 19.1. The second-order valence-electron chi connectivity index (χ2n) is 4.53. The van der Waals surface area contributed by atoms with Crippen molar-refractivity contribution in [1.29, 1.82) is 0 Å². The predicted molar refractivity (Wildman–Crippen MR) is 81.4 cm³/mol. The monoisotopic (exact) mass is 297 g/mol. The molecule has 2 aromatic carbocycles. The number of phenols is 1. The first kappa shape index (κ1) is 15.2. The lowest BCUT2D eigenvalue weighted by atomic mass is 9.96. The lowest BCUT2D eigenvalue weighted by Gasteiger charge is -2.11. The first-order chi connectivity index (χ1) is 10.4. The van der Waals surface area contributed by atoms with E-state index in [2.05, 4.69) is 9.84 Å². The summed E-state index contributed by atoms with van der Waals surface area (Å²) >= 11 is 0. The molecule has 22 heavy (non-hydrogen) atoms. The van der Waals surface area contributed by atoms with Crippen LogP contribution in [0.5, 0.6) is 5.75 Å². The molecule has 0 aromatic heterocycles. The lowest BCUT2D eigenvalue weighted by molar-refractivity contribution is 0.100. The van der Waals surface area contributed by atoms with Crippen LogP contribution in [-0.4, -0.2) is 16.8 Å². The Kier molecular flexibility index (Phi) is 4.18. The minimum atomic E-state index is -0.790. The van der Waals surface area contributed by atoms with E-state index in [1.807, 2.05) is 0 Å². The molecule has 0 bridgehead atoms. The van der Waals surface area contributed by atoms with Gasteiger partial charge in [0.05, 0.1) is 12.1 Å². The molecule has 5 nitrogen and oxygen atoms in total. The number of carbonyl (C=O) groups is 1. The molecule has 0 unspecified atom stereocenters. The topological polar surface area (TPSA) is 80.0 Å². The predicted octanol–water partition coefficient (Wildman–Crippen LogP) is 3.27. The zero-order valence-electron chi connectivity index (χ0n) is 11.7. The molecular weight excluding hydrogens is 285 g/mol. The van der Waals surface area contributed by atoms with Gasteiger partial charge in [-0.3, -0.25) is 4.79 Å². The Balaban J connectivity index is 2.81. The summed E-state index contributed by atoms with van der Waals surface area (Å²) in [6.07, 6.45) is 0. The minimum absolute atomic E-state index is 0.0165. The summed E-state index contributed by atoms with van der Waals surface area (Å²) in [6, 6.07) is 8.01. The van der Waals surface area contributed by atoms with Crippen molar-refractivity contribution in [2.45, 2.75) is 6.92 Å². The molecule has 0 saturated heterocycles. The van der Waals surface area contributed by atoms with E-state index in [1.54, 1.807) is 6.07 Å². The number of rotatable bonds is 2. The van der Waals surface area contributed by atoms with Crippen LogP contribution in [0, 0.1) is 12.4 Å². The number of amides is 1. The maximum atomic E-state index is 13.5. The van der Waals surface area contributed by atoms with Gasteiger partial charge in [-0.2, -0.15) is 4.99 Å². The second-order valence-corrected chi connectivity index (χ2v) is 4.53. The smallest absolute Gasteiger partial charge is 0.281 e. The van der Waals surface area contributed by atoms with Crippen LogP contribution >= 0.6 is 0 Å². The van der Waals surface area contributed by atoms with Gasteiger partial charge in [-0.1, -0.05) is 18.2 Å². The molecule has 0 saturated carbocycles. The van der Waals surface area contributed by atoms with Crippen LogP contribution in [0.1, 0.15) is 17.3 Å². The Morgan fingerprint density at radius 1 is 1.36 bits per heavy atom. The van der Waals surface area contributed by atoms with E-state index in [4.69, 9.17) is 12.3 Å². The highest BCUT2D eigenvalue weighted by molar-refractivity contribution is 6.10. The van der Waals surface area contributed by atoms with Gasteiger partial charge in [-0.05, 0) is 30.7 Å². The number of hydrogen-bond donors (Lipinski definition) is 2. The molecule has 0 spiro atoms. The van der Waals surface area contributed by atoms with Gasteiger partial charge in [0.15, 0.2) is 5.69 Å². The third-order valence-corrected chi connectivity index (χ3v) is 2.89. The molecule has 1 amide bonds. The molecule has 110 valence electrons. The molecule has 2 aromatic rings. The SMILES string of the molecule is [C-]#[N+]c1ccc(O)c(C(=O)N=C(C)N)c1-c1cccc(F)c1. The maximum absolute atomic E-state index is 13.5. The number of nitrogens with zero attached hydrogens (tertiary/aromatic N) is 2. The molecular formula is C16H12FN3O2. The zero-order chi connectivity index (χ0) is 16.3. The largest absolute Gasteiger partial charge is 0.507 e. The summed E-state index contributed by atoms with van der Waals surface area (Å²) in [5.74, 6) is -1.64. The van der Waals surface area contributed by atoms with Crippen LogP contribution in [0.4, 0.5) is 10.1 Å². The number of phenolic OH excluding ortho intramolecular Hbond substituents is 1. The summed E-state index contributed by atoms with van der Waals surface area (Å²) < 4.78 is 13.5. The van der Waals surface area contributed by atoms with Gasteiger partial charge in [0.1, 0.15) is 17.4 Å². The lowest BCUT2D eigenvalue weighted by Crippen LogP contribution is -2.10. The number of aromatic hydroxyl groups is 1. The minimum Gasteiger partial charge on any atom is -0.507 e. The van der Waals surface area contributed by atoms with E-state index in [-0.39, 0.29) is 28.4 Å². The Labute approximate surface area is 126 Å². The van der Waals surface area contributed by atoms with Crippen molar-refractivity contribution < 1.29 is 14.3 Å². The van der Waals surface area contributed by atoms with Crippen LogP contribution in [0.25, 0.3) is 16.0 Å². The number of benzene rings is 2. The quantitative estimate of drug-likeness (QED) is 0.507. The van der Waals surface area contributed by atoms with E-state index in [9.17, 15) is 14.3 Å². The summed E-state index contributed by atoms with van der Waals surface area (Å²) in [5.41, 5.74) is 5.75. The first-order valence-electron chi connectivity index (χ1n) is 6.28. The van der Waals surface area contributed by atoms with Crippen LogP contribution in [0.2, 0.25) is 0 Å². The van der Waals surface area contributed by atoms with Gasteiger partial charge < -0.3 is 10.8 Å². The van der Waals surface area contributed by atoms with Gasteiger partial charge in [-0.15, -0.1) is 0 Å². The number of nitrogens with two attached hydrogens (primary N) is 1. The maximum Gasteiger partial charge on any atom is 0.281 e. The fraction of sp³-hybridized carbons (Fsp3) is 0.0625. The highest BCUT2D eigenvalue weighted by atomic mass is 19.1. The highest BCUT2D eigenvalue weighted by Gasteiger charge is 2.21. The standard InChI is InChI=1S/C16H12FN3O2/c1-9(18)20-16(22)15-13(21)7-6-12(19-2)14(15)10-4-3-5-11(17)8-10/h3-8,21H,1H3,(H2,18,20,22). The van der Waals surface area contributed by atoms with Gasteiger partial charge in [0, 0.05) is 5.56 Å². The van der Waals surface area contributed by atoms with E-state index in [1.165, 1.54) is 37.3 Å². The van der Waals surface area contributed by atoms with Gasteiger partial charge in [0.2, 0.25) is 0 Å². The van der Waals surface area contributed by atoms with Crippen molar-refractivity contribution >= 4 is 17.4 Å². The fourth-order valence-corrected chi connectivity index (χ4v) is 2.04. The van der Waals surface area contributed by atoms with Crippen LogP contribution in [0.3, 0.4) is 0 Å². The fourth-order valence-electron chi connectivity index (χ4n) is 2.04. The molecule has 2 rings (SSSR count). The van der Waals surface area contributed by atoms with Gasteiger partial charge >= 0.3 is 0 Å². The first-order valence-corrected chi connectivity index (χ1v) is 6.28. The molecule has 0 aliphatic rings. The van der Waals surface area contributed by atoms with Crippen LogP contribution < -0.4 is 5.73 Å². The molecule has 3 N–H and O–H groups in total. The number of amidine groups is 1. The van der Waals surface area contributed by atoms with Crippen molar-refractivity contribution in [1.82, 2.24) is 0 Å². The number of aliphatic imine (C=N–C) groups is 1. The average Bonchev–Trinajstić information content (AvgIpc) is 2.46. The van der Waals surface area contributed by atoms with E-state index in [0.29, 0.717) is 5.56 Å². The van der Waals surface area contributed by atoms with Crippen molar-refractivity contribution in [3.8, 4) is 16.9 Å². The van der Waals surface area contributed by atoms with E-state index in [0.717, 1.165) is 0 Å². The third kappa shape index (κ3) is 2.94. The average molecular weight is 297 g/mol. The van der Waals surface area contributed by atoms with Crippen molar-refractivity contribution in [3.05, 3.63) is 59.2 Å². The highest BCUT2D eigenvalue weighted by Crippen LogP contribution is 2.39. The number of hydrogen-bond acceptors (Lipinski definition) is 2. The number of halogens is 1. The third-order valence-electron chi connectivity index (χ3n) is 2.89. The Bertz CT molecular complexity index is 819. The molecule has 0 heterocycles. The van der Waals surface area contributed by atoms with Crippen molar-refractivity contribution in [2.75, 3.05) is 0 Å². The molecule has 6 heteroatoms. The van der Waals surface area contributed by atoms with E-state index >= 15 is 0 Å². The molecule has 0 atom stereocenters. The van der Waals surface area contributed by atoms with Gasteiger partial charge in [0.25, 0.3) is 5.91 Å².